The lowest BCUT2D eigenvalue weighted by molar-refractivity contribution is -0.142. The summed E-state index contributed by atoms with van der Waals surface area (Å²) < 4.78 is 22.5. The first-order valence-corrected chi connectivity index (χ1v) is 7.77. The van der Waals surface area contributed by atoms with Crippen LogP contribution in [-0.2, 0) is 19.4 Å². The lowest BCUT2D eigenvalue weighted by Gasteiger charge is -2.18. The van der Waals surface area contributed by atoms with E-state index in [-0.39, 0.29) is 23.8 Å². The Labute approximate surface area is 107 Å². The van der Waals surface area contributed by atoms with Crippen LogP contribution in [0.3, 0.4) is 0 Å². The number of hydrogen-bond acceptors (Lipinski definition) is 4. The second kappa shape index (κ2) is 5.69. The average Bonchev–Trinajstić information content (AvgIpc) is 2.57. The highest BCUT2D eigenvalue weighted by Gasteiger charge is 2.34. The summed E-state index contributed by atoms with van der Waals surface area (Å²) in [5, 5.41) is 11.4. The maximum Gasteiger partial charge on any atom is 0.326 e. The van der Waals surface area contributed by atoms with E-state index in [4.69, 9.17) is 5.11 Å². The minimum atomic E-state index is -3.13. The van der Waals surface area contributed by atoms with Crippen molar-refractivity contribution in [1.29, 1.82) is 0 Å². The Bertz CT molecular complexity index is 429. The van der Waals surface area contributed by atoms with Crippen molar-refractivity contribution in [3.8, 4) is 0 Å². The van der Waals surface area contributed by atoms with E-state index in [9.17, 15) is 18.0 Å². The minimum absolute atomic E-state index is 0.00695. The maximum atomic E-state index is 11.8. The Hall–Kier alpha value is -1.11. The molecule has 1 rings (SSSR count). The molecule has 0 aromatic heterocycles. The van der Waals surface area contributed by atoms with Gasteiger partial charge in [0.1, 0.15) is 6.04 Å². The van der Waals surface area contributed by atoms with E-state index >= 15 is 0 Å². The normalized spacial score (nSPS) is 23.8. The molecule has 0 bridgehead atoms. The van der Waals surface area contributed by atoms with Crippen LogP contribution in [0.4, 0.5) is 0 Å². The van der Waals surface area contributed by atoms with E-state index in [2.05, 4.69) is 5.32 Å². The number of carboxylic acids is 1. The van der Waals surface area contributed by atoms with Crippen molar-refractivity contribution in [2.75, 3.05) is 11.5 Å². The van der Waals surface area contributed by atoms with Gasteiger partial charge in [-0.25, -0.2) is 13.2 Å². The zero-order valence-corrected chi connectivity index (χ0v) is 11.4. The molecule has 18 heavy (non-hydrogen) atoms. The molecule has 1 aliphatic rings. The molecule has 1 heterocycles. The molecule has 7 heteroatoms. The van der Waals surface area contributed by atoms with Gasteiger partial charge in [-0.15, -0.1) is 0 Å². The molecule has 0 saturated carbocycles. The third-order valence-electron chi connectivity index (χ3n) is 2.92. The van der Waals surface area contributed by atoms with Crippen molar-refractivity contribution in [1.82, 2.24) is 5.32 Å². The second-order valence-electron chi connectivity index (χ2n) is 5.13. The van der Waals surface area contributed by atoms with Crippen molar-refractivity contribution < 1.29 is 23.1 Å². The number of carbonyl (C=O) groups excluding carboxylic acids is 1. The van der Waals surface area contributed by atoms with Crippen LogP contribution in [0.5, 0.6) is 0 Å². The van der Waals surface area contributed by atoms with Gasteiger partial charge in [-0.05, 0) is 18.8 Å². The van der Waals surface area contributed by atoms with Crippen molar-refractivity contribution in [2.24, 2.45) is 11.8 Å². The zero-order chi connectivity index (χ0) is 13.9. The fraction of sp³-hybridized carbons (Fsp3) is 0.818. The highest BCUT2D eigenvalue weighted by molar-refractivity contribution is 7.91. The summed E-state index contributed by atoms with van der Waals surface area (Å²) in [5.74, 6) is -2.19. The fourth-order valence-corrected chi connectivity index (χ4v) is 3.73. The number of nitrogens with one attached hydrogen (secondary N) is 1. The van der Waals surface area contributed by atoms with Crippen LogP contribution >= 0.6 is 0 Å². The number of carbonyl (C=O) groups is 2. The molecule has 1 saturated heterocycles. The number of carboxylic acid groups (broad SMARTS) is 1. The molecule has 0 radical (unpaired) electrons. The molecule has 1 fully saturated rings. The molecular weight excluding hydrogens is 258 g/mol. The van der Waals surface area contributed by atoms with Crippen LogP contribution in [0.2, 0.25) is 0 Å². The Kier molecular flexibility index (Phi) is 4.72. The molecule has 0 spiro atoms. The average molecular weight is 277 g/mol. The molecule has 2 N–H and O–H groups in total. The number of rotatable bonds is 5. The Morgan fingerprint density at radius 2 is 2.00 bits per heavy atom. The first-order valence-electron chi connectivity index (χ1n) is 5.95. The summed E-state index contributed by atoms with van der Waals surface area (Å²) in [6.07, 6.45) is 0.614. The SMILES string of the molecule is CC(C)C[C@H](NC(=O)C1CCS(=O)(=O)C1)C(=O)O. The zero-order valence-electron chi connectivity index (χ0n) is 10.5. The van der Waals surface area contributed by atoms with E-state index in [0.717, 1.165) is 0 Å². The summed E-state index contributed by atoms with van der Waals surface area (Å²) in [5.41, 5.74) is 0. The summed E-state index contributed by atoms with van der Waals surface area (Å²) in [6.45, 7) is 3.73. The summed E-state index contributed by atoms with van der Waals surface area (Å²) >= 11 is 0. The van der Waals surface area contributed by atoms with Crippen LogP contribution < -0.4 is 5.32 Å². The Morgan fingerprint density at radius 3 is 2.39 bits per heavy atom. The van der Waals surface area contributed by atoms with E-state index < -0.39 is 33.7 Å². The summed E-state index contributed by atoms with van der Waals surface area (Å²) in [7, 11) is -3.13. The summed E-state index contributed by atoms with van der Waals surface area (Å²) in [4.78, 5) is 22.8. The predicted octanol–water partition coefficient (Wildman–Crippen LogP) is 0.0366. The van der Waals surface area contributed by atoms with E-state index in [1.807, 2.05) is 13.8 Å². The van der Waals surface area contributed by atoms with Crippen LogP contribution in [0.1, 0.15) is 26.7 Å². The van der Waals surface area contributed by atoms with Gasteiger partial charge in [-0.3, -0.25) is 4.79 Å². The smallest absolute Gasteiger partial charge is 0.326 e. The van der Waals surface area contributed by atoms with Gasteiger partial charge >= 0.3 is 5.97 Å². The van der Waals surface area contributed by atoms with Gasteiger partial charge in [0.05, 0.1) is 17.4 Å². The first-order chi connectivity index (χ1) is 8.21. The number of aliphatic carboxylic acids is 1. The third kappa shape index (κ3) is 4.29. The highest BCUT2D eigenvalue weighted by atomic mass is 32.2. The molecule has 1 aliphatic heterocycles. The third-order valence-corrected chi connectivity index (χ3v) is 4.69. The summed E-state index contributed by atoms with van der Waals surface area (Å²) in [6, 6.07) is -0.944. The molecule has 1 amide bonds. The van der Waals surface area contributed by atoms with Gasteiger partial charge < -0.3 is 10.4 Å². The van der Waals surface area contributed by atoms with E-state index in [0.29, 0.717) is 6.42 Å². The highest BCUT2D eigenvalue weighted by Crippen LogP contribution is 2.19. The van der Waals surface area contributed by atoms with Crippen LogP contribution in [0.15, 0.2) is 0 Å². The van der Waals surface area contributed by atoms with Gasteiger partial charge in [0, 0.05) is 0 Å². The molecule has 0 aromatic rings. The van der Waals surface area contributed by atoms with Crippen LogP contribution in [0.25, 0.3) is 0 Å². The lowest BCUT2D eigenvalue weighted by atomic mass is 10.0. The number of sulfone groups is 1. The topological polar surface area (TPSA) is 101 Å². The van der Waals surface area contributed by atoms with E-state index in [1.54, 1.807) is 0 Å². The Morgan fingerprint density at radius 1 is 1.39 bits per heavy atom. The van der Waals surface area contributed by atoms with Crippen molar-refractivity contribution in [3.63, 3.8) is 0 Å². The number of amides is 1. The molecule has 0 aliphatic carbocycles. The second-order valence-corrected chi connectivity index (χ2v) is 7.36. The maximum absolute atomic E-state index is 11.8. The molecule has 6 nitrogen and oxygen atoms in total. The monoisotopic (exact) mass is 277 g/mol. The predicted molar refractivity (Wildman–Crippen MR) is 65.8 cm³/mol. The molecule has 104 valence electrons. The van der Waals surface area contributed by atoms with Gasteiger partial charge in [-0.2, -0.15) is 0 Å². The Balaban J connectivity index is 2.60. The van der Waals surface area contributed by atoms with Gasteiger partial charge in [-0.1, -0.05) is 13.8 Å². The number of hydrogen-bond donors (Lipinski definition) is 2. The molecular formula is C11H19NO5S. The lowest BCUT2D eigenvalue weighted by Crippen LogP contribution is -2.44. The molecule has 2 atom stereocenters. The molecule has 0 aromatic carbocycles. The van der Waals surface area contributed by atoms with Gasteiger partial charge in [0.15, 0.2) is 9.84 Å². The van der Waals surface area contributed by atoms with Gasteiger partial charge in [0.25, 0.3) is 0 Å². The van der Waals surface area contributed by atoms with Crippen LogP contribution in [0, 0.1) is 11.8 Å². The van der Waals surface area contributed by atoms with Crippen molar-refractivity contribution in [2.45, 2.75) is 32.7 Å². The first kappa shape index (κ1) is 14.9. The van der Waals surface area contributed by atoms with Crippen molar-refractivity contribution >= 4 is 21.7 Å². The largest absolute Gasteiger partial charge is 0.480 e. The van der Waals surface area contributed by atoms with Crippen LogP contribution in [-0.4, -0.2) is 42.9 Å². The van der Waals surface area contributed by atoms with Gasteiger partial charge in [0.2, 0.25) is 5.91 Å². The van der Waals surface area contributed by atoms with E-state index in [1.165, 1.54) is 0 Å². The van der Waals surface area contributed by atoms with Crippen molar-refractivity contribution in [3.05, 3.63) is 0 Å². The minimum Gasteiger partial charge on any atom is -0.480 e. The standard InChI is InChI=1S/C11H19NO5S/c1-7(2)5-9(11(14)15)12-10(13)8-3-4-18(16,17)6-8/h7-9H,3-6H2,1-2H3,(H,12,13)(H,14,15)/t8?,9-/m0/s1. The quantitative estimate of drug-likeness (QED) is 0.738. The fourth-order valence-electron chi connectivity index (χ4n) is 1.98. The molecule has 1 unspecified atom stereocenters.